The van der Waals surface area contributed by atoms with Gasteiger partial charge >= 0.3 is 5.97 Å². The van der Waals surface area contributed by atoms with Gasteiger partial charge in [0.25, 0.3) is 5.89 Å². The Hall–Kier alpha value is -3.44. The van der Waals surface area contributed by atoms with Gasteiger partial charge in [-0.3, -0.25) is 14.4 Å². The molecule has 0 spiro atoms. The number of ether oxygens (including phenoxy) is 1. The lowest BCUT2D eigenvalue weighted by Gasteiger charge is -2.36. The van der Waals surface area contributed by atoms with Gasteiger partial charge in [0.15, 0.2) is 0 Å². The maximum atomic E-state index is 12.2. The number of likely N-dealkylation sites (N-methyl/N-ethyl adjacent to an activating group) is 1. The Morgan fingerprint density at radius 2 is 1.95 bits per heavy atom. The second-order valence-electron chi connectivity index (χ2n) is 11.5. The van der Waals surface area contributed by atoms with Crippen molar-refractivity contribution in [3.8, 4) is 22.8 Å². The van der Waals surface area contributed by atoms with Crippen LogP contribution < -0.4 is 9.62 Å². The van der Waals surface area contributed by atoms with Gasteiger partial charge in [-0.15, -0.1) is 0 Å². The van der Waals surface area contributed by atoms with Crippen LogP contribution >= 0.6 is 0 Å². The van der Waals surface area contributed by atoms with Crippen LogP contribution in [0.15, 0.2) is 47.0 Å². The van der Waals surface area contributed by atoms with E-state index in [1.807, 2.05) is 69.1 Å². The van der Waals surface area contributed by atoms with Crippen LogP contribution in [0.3, 0.4) is 0 Å². The summed E-state index contributed by atoms with van der Waals surface area (Å²) in [5.41, 5.74) is 3.17. The molecule has 10 nitrogen and oxygen atoms in total. The molecule has 3 aromatic rings. The van der Waals surface area contributed by atoms with Crippen LogP contribution in [0.5, 0.6) is 0 Å². The van der Waals surface area contributed by atoms with E-state index in [4.69, 9.17) is 9.26 Å². The average molecular weight is 570 g/mol. The highest BCUT2D eigenvalue weighted by Crippen LogP contribution is 2.35. The van der Waals surface area contributed by atoms with Crippen molar-refractivity contribution in [3.63, 3.8) is 0 Å². The third-order valence-electron chi connectivity index (χ3n) is 6.53. The van der Waals surface area contributed by atoms with Gasteiger partial charge in [0.1, 0.15) is 5.60 Å². The van der Waals surface area contributed by atoms with E-state index in [9.17, 15) is 13.2 Å². The summed E-state index contributed by atoms with van der Waals surface area (Å²) in [6, 6.07) is 13.6. The zero-order chi connectivity index (χ0) is 29.1. The molecule has 0 saturated carbocycles. The Labute approximate surface area is 236 Å². The van der Waals surface area contributed by atoms with E-state index in [1.165, 1.54) is 0 Å². The molecule has 1 N–H and O–H groups in total. The number of rotatable bonds is 9. The van der Waals surface area contributed by atoms with Gasteiger partial charge in [-0.1, -0.05) is 23.4 Å². The molecule has 216 valence electrons. The molecule has 11 heteroatoms. The molecule has 1 unspecified atom stereocenters. The first kappa shape index (κ1) is 29.5. The van der Waals surface area contributed by atoms with Gasteiger partial charge in [-0.05, 0) is 83.8 Å². The maximum absolute atomic E-state index is 12.2. The molecule has 4 rings (SSSR count). The summed E-state index contributed by atoms with van der Waals surface area (Å²) in [6.07, 6.45) is 4.43. The van der Waals surface area contributed by atoms with E-state index in [-0.39, 0.29) is 18.4 Å². The number of sulfonamides is 1. The fourth-order valence-corrected chi connectivity index (χ4v) is 5.45. The van der Waals surface area contributed by atoms with Crippen LogP contribution in [0.1, 0.15) is 52.5 Å². The molecule has 1 aromatic heterocycles. The number of anilines is 2. The molecule has 1 saturated heterocycles. The zero-order valence-corrected chi connectivity index (χ0v) is 24.9. The Balaban J connectivity index is 1.54. The van der Waals surface area contributed by atoms with Crippen LogP contribution in [0, 0.1) is 0 Å². The Kier molecular flexibility index (Phi) is 8.84. The number of nitrogens with one attached hydrogen (secondary N) is 1. The minimum absolute atomic E-state index is 0.171. The van der Waals surface area contributed by atoms with Gasteiger partial charge < -0.3 is 14.2 Å². The molecule has 2 aromatic carbocycles. The van der Waals surface area contributed by atoms with Crippen LogP contribution in [0.25, 0.3) is 22.8 Å². The SMILES string of the molecule is CC1CCCCN1c1ccc(-c2nc(-c3cccc(CN(C)CC(=O)OC(C)(C)C)c3)no2)cc1NS(C)(=O)=O. The number of benzene rings is 2. The van der Waals surface area contributed by atoms with E-state index in [0.717, 1.165) is 48.9 Å². The minimum atomic E-state index is -3.50. The van der Waals surface area contributed by atoms with Crippen LogP contribution in [-0.2, 0) is 26.1 Å². The predicted molar refractivity (Wildman–Crippen MR) is 156 cm³/mol. The van der Waals surface area contributed by atoms with E-state index >= 15 is 0 Å². The van der Waals surface area contributed by atoms with Gasteiger partial charge in [0, 0.05) is 30.3 Å². The fourth-order valence-electron chi connectivity index (χ4n) is 4.89. The van der Waals surface area contributed by atoms with Crippen molar-refractivity contribution < 1.29 is 22.5 Å². The normalized spacial score (nSPS) is 16.3. The van der Waals surface area contributed by atoms with Gasteiger partial charge in [-0.25, -0.2) is 8.42 Å². The summed E-state index contributed by atoms with van der Waals surface area (Å²) in [5.74, 6) is 0.426. The Morgan fingerprint density at radius 1 is 1.18 bits per heavy atom. The van der Waals surface area contributed by atoms with Crippen LogP contribution in [0.2, 0.25) is 0 Å². The maximum Gasteiger partial charge on any atom is 0.320 e. The molecule has 1 aliphatic heterocycles. The lowest BCUT2D eigenvalue weighted by molar-refractivity contribution is -0.155. The van der Waals surface area contributed by atoms with Gasteiger partial charge in [0.05, 0.1) is 24.2 Å². The van der Waals surface area contributed by atoms with E-state index in [0.29, 0.717) is 29.7 Å². The molecular weight excluding hydrogens is 530 g/mol. The first-order chi connectivity index (χ1) is 18.8. The second kappa shape index (κ2) is 12.0. The van der Waals surface area contributed by atoms with E-state index in [1.54, 1.807) is 6.07 Å². The highest BCUT2D eigenvalue weighted by atomic mass is 32.2. The minimum Gasteiger partial charge on any atom is -0.459 e. The highest BCUT2D eigenvalue weighted by Gasteiger charge is 2.23. The summed E-state index contributed by atoms with van der Waals surface area (Å²) in [6.45, 7) is 9.27. The number of hydrogen-bond donors (Lipinski definition) is 1. The number of aromatic nitrogens is 2. The lowest BCUT2D eigenvalue weighted by atomic mass is 10.0. The number of hydrogen-bond acceptors (Lipinski definition) is 9. The Morgan fingerprint density at radius 3 is 2.65 bits per heavy atom. The lowest BCUT2D eigenvalue weighted by Crippen LogP contribution is -2.38. The molecule has 0 radical (unpaired) electrons. The number of carbonyl (C=O) groups is 1. The third kappa shape index (κ3) is 8.04. The molecular formula is C29H39N5O5S. The first-order valence-electron chi connectivity index (χ1n) is 13.5. The third-order valence-corrected chi connectivity index (χ3v) is 7.12. The van der Waals surface area contributed by atoms with Crippen molar-refractivity contribution >= 4 is 27.4 Å². The van der Waals surface area contributed by atoms with Crippen molar-refractivity contribution in [1.29, 1.82) is 0 Å². The van der Waals surface area contributed by atoms with E-state index < -0.39 is 15.6 Å². The summed E-state index contributed by atoms with van der Waals surface area (Å²) in [7, 11) is -1.64. The van der Waals surface area contributed by atoms with Crippen LogP contribution in [0.4, 0.5) is 11.4 Å². The predicted octanol–water partition coefficient (Wildman–Crippen LogP) is 4.93. The molecule has 2 heterocycles. The molecule has 0 bridgehead atoms. The number of carbonyl (C=O) groups excluding carboxylic acids is 1. The highest BCUT2D eigenvalue weighted by molar-refractivity contribution is 7.92. The summed E-state index contributed by atoms with van der Waals surface area (Å²) in [4.78, 5) is 20.9. The van der Waals surface area contributed by atoms with Crippen LogP contribution in [-0.4, -0.2) is 67.5 Å². The summed E-state index contributed by atoms with van der Waals surface area (Å²) < 4.78 is 38.0. The van der Waals surface area contributed by atoms with Crippen molar-refractivity contribution in [2.24, 2.45) is 0 Å². The van der Waals surface area contributed by atoms with Crippen molar-refractivity contribution in [1.82, 2.24) is 15.0 Å². The quantitative estimate of drug-likeness (QED) is 0.358. The first-order valence-corrected chi connectivity index (χ1v) is 15.4. The Bertz CT molecular complexity index is 1450. The zero-order valence-electron chi connectivity index (χ0n) is 24.1. The molecule has 0 aliphatic carbocycles. The van der Waals surface area contributed by atoms with Gasteiger partial charge in [-0.2, -0.15) is 4.98 Å². The van der Waals surface area contributed by atoms with Gasteiger partial charge in [0.2, 0.25) is 15.8 Å². The van der Waals surface area contributed by atoms with Crippen molar-refractivity contribution in [2.45, 2.75) is 65.1 Å². The number of esters is 1. The molecule has 0 amide bonds. The summed E-state index contributed by atoms with van der Waals surface area (Å²) >= 11 is 0. The molecule has 40 heavy (non-hydrogen) atoms. The number of piperidine rings is 1. The summed E-state index contributed by atoms with van der Waals surface area (Å²) in [5, 5.41) is 4.18. The smallest absolute Gasteiger partial charge is 0.320 e. The fraction of sp³-hybridized carbons (Fsp3) is 0.483. The number of nitrogens with zero attached hydrogens (tertiary/aromatic N) is 4. The molecule has 1 aliphatic rings. The monoisotopic (exact) mass is 569 g/mol. The molecule has 1 fully saturated rings. The largest absolute Gasteiger partial charge is 0.459 e. The topological polar surface area (TPSA) is 118 Å². The standard InChI is InChI=1S/C29H39N5O5S/c1-20-10-7-8-15-34(20)25-14-13-23(17-24(25)32-40(6,36)37)28-30-27(31-39-28)22-12-9-11-21(16-22)18-33(5)19-26(35)38-29(2,3)4/h9,11-14,16-17,20,32H,7-8,10,15,18-19H2,1-6H3. The second-order valence-corrected chi connectivity index (χ2v) is 13.3. The average Bonchev–Trinajstić information content (AvgIpc) is 3.33. The van der Waals surface area contributed by atoms with Crippen molar-refractivity contribution in [2.75, 3.05) is 36.0 Å². The van der Waals surface area contributed by atoms with E-state index in [2.05, 4.69) is 26.7 Å². The van der Waals surface area contributed by atoms with Crippen molar-refractivity contribution in [3.05, 3.63) is 48.0 Å². The molecule has 1 atom stereocenters.